The van der Waals surface area contributed by atoms with E-state index in [1.165, 1.54) is 12.0 Å². The quantitative estimate of drug-likeness (QED) is 0.394. The maximum absolute atomic E-state index is 9.05. The van der Waals surface area contributed by atoms with Crippen molar-refractivity contribution in [3.63, 3.8) is 0 Å². The van der Waals surface area contributed by atoms with Gasteiger partial charge in [-0.15, -0.1) is 0 Å². The van der Waals surface area contributed by atoms with Gasteiger partial charge in [-0.3, -0.25) is 0 Å². The van der Waals surface area contributed by atoms with Gasteiger partial charge in [0.15, 0.2) is 0 Å². The van der Waals surface area contributed by atoms with Gasteiger partial charge >= 0.3 is 0 Å². The van der Waals surface area contributed by atoms with Crippen LogP contribution in [0, 0.1) is 0 Å². The molecule has 0 amide bonds. The molecule has 158 valence electrons. The van der Waals surface area contributed by atoms with Crippen LogP contribution < -0.4 is 11.1 Å². The first kappa shape index (κ1) is 23.2. The number of nitrogens with two attached hydrogens (primary N) is 1. The normalized spacial score (nSPS) is 10.1. The summed E-state index contributed by atoms with van der Waals surface area (Å²) < 4.78 is 0. The summed E-state index contributed by atoms with van der Waals surface area (Å²) in [6.45, 7) is 10.7. The molecule has 0 aliphatic heterocycles. The van der Waals surface area contributed by atoms with E-state index in [0.29, 0.717) is 12.1 Å². The smallest absolute Gasteiger partial charge is 0.0624 e. The molecular weight excluding hydrogens is 368 g/mol. The van der Waals surface area contributed by atoms with Crippen molar-refractivity contribution in [3.8, 4) is 11.1 Å². The van der Waals surface area contributed by atoms with Gasteiger partial charge < -0.3 is 16.2 Å². The molecule has 0 heterocycles. The van der Waals surface area contributed by atoms with Crippen LogP contribution in [0.3, 0.4) is 0 Å². The lowest BCUT2D eigenvalue weighted by molar-refractivity contribution is 0.299. The van der Waals surface area contributed by atoms with Crippen molar-refractivity contribution in [1.29, 1.82) is 0 Å². The Kier molecular flexibility index (Phi) is 9.17. The largest absolute Gasteiger partial charge is 0.397 e. The highest BCUT2D eigenvalue weighted by molar-refractivity contribution is 5.84. The number of rotatable bonds is 7. The maximum Gasteiger partial charge on any atom is 0.0624 e. The summed E-state index contributed by atoms with van der Waals surface area (Å²) >= 11 is 0. The summed E-state index contributed by atoms with van der Waals surface area (Å²) in [6, 6.07) is 22.6. The average molecular weight is 403 g/mol. The molecule has 0 aliphatic rings. The number of hydrogen-bond acceptors (Lipinski definition) is 3. The number of hydrogen-bond donors (Lipinski definition) is 3. The molecule has 0 aliphatic carbocycles. The van der Waals surface area contributed by atoms with Crippen LogP contribution in [0.15, 0.2) is 73.3 Å². The second kappa shape index (κ2) is 11.8. The lowest BCUT2D eigenvalue weighted by Crippen LogP contribution is -2.01. The van der Waals surface area contributed by atoms with Crippen molar-refractivity contribution < 1.29 is 5.11 Å². The van der Waals surface area contributed by atoms with Gasteiger partial charge in [-0.05, 0) is 52.8 Å². The highest BCUT2D eigenvalue weighted by atomic mass is 16.2. The van der Waals surface area contributed by atoms with Crippen LogP contribution >= 0.6 is 0 Å². The zero-order valence-electron chi connectivity index (χ0n) is 18.4. The highest BCUT2D eigenvalue weighted by Gasteiger charge is 2.06. The first-order valence-electron chi connectivity index (χ1n) is 10.7. The molecule has 0 saturated heterocycles. The number of nitrogen functional groups attached to an aromatic ring is 1. The number of aryl methyl sites for hydroxylation is 1. The molecule has 3 aromatic carbocycles. The molecule has 3 rings (SSSR count). The minimum Gasteiger partial charge on any atom is -0.397 e. The molecule has 3 aromatic rings. The Labute approximate surface area is 181 Å². The van der Waals surface area contributed by atoms with Crippen LogP contribution in [0.4, 0.5) is 11.4 Å². The summed E-state index contributed by atoms with van der Waals surface area (Å²) in [5, 5.41) is 12.4. The number of aliphatic hydroxyl groups is 1. The third-order valence-electron chi connectivity index (χ3n) is 4.74. The Bertz CT molecular complexity index is 928. The predicted octanol–water partition coefficient (Wildman–Crippen LogP) is 6.53. The van der Waals surface area contributed by atoms with E-state index < -0.39 is 0 Å². The fourth-order valence-electron chi connectivity index (χ4n) is 3.01. The number of benzene rings is 3. The Morgan fingerprint density at radius 2 is 1.43 bits per heavy atom. The number of aliphatic hydroxyl groups excluding tert-OH is 1. The minimum atomic E-state index is 0.163. The van der Waals surface area contributed by atoms with Crippen LogP contribution in [-0.4, -0.2) is 11.7 Å². The Morgan fingerprint density at radius 3 is 2.00 bits per heavy atom. The molecule has 0 aromatic heterocycles. The van der Waals surface area contributed by atoms with Crippen LogP contribution in [0.25, 0.3) is 16.8 Å². The van der Waals surface area contributed by atoms with E-state index in [4.69, 9.17) is 10.8 Å². The van der Waals surface area contributed by atoms with Gasteiger partial charge in [-0.1, -0.05) is 88.4 Å². The molecule has 0 bridgehead atoms. The topological polar surface area (TPSA) is 58.3 Å². The van der Waals surface area contributed by atoms with Crippen LogP contribution in [0.2, 0.25) is 0 Å². The van der Waals surface area contributed by atoms with Gasteiger partial charge in [0.2, 0.25) is 0 Å². The molecule has 3 heteroatoms. The fourth-order valence-corrected chi connectivity index (χ4v) is 3.01. The van der Waals surface area contributed by atoms with Crippen molar-refractivity contribution in [2.75, 3.05) is 17.7 Å². The van der Waals surface area contributed by atoms with Gasteiger partial charge in [-0.25, -0.2) is 0 Å². The third kappa shape index (κ3) is 6.50. The van der Waals surface area contributed by atoms with E-state index >= 15 is 0 Å². The molecule has 3 nitrogen and oxygen atoms in total. The van der Waals surface area contributed by atoms with Gasteiger partial charge in [0.05, 0.1) is 11.4 Å². The summed E-state index contributed by atoms with van der Waals surface area (Å²) in [5.74, 6) is 0. The SMILES string of the molecule is C=C(Nc1cc(-c2ccc(CCO)cc2)ccc1N)c1ccc(CC)cc1.CCC. The average Bonchev–Trinajstić information content (AvgIpc) is 2.77. The van der Waals surface area contributed by atoms with E-state index in [-0.39, 0.29) is 6.61 Å². The molecule has 0 spiro atoms. The van der Waals surface area contributed by atoms with Crippen molar-refractivity contribution in [2.24, 2.45) is 0 Å². The van der Waals surface area contributed by atoms with Crippen molar-refractivity contribution in [1.82, 2.24) is 0 Å². The van der Waals surface area contributed by atoms with Gasteiger partial charge in [0.1, 0.15) is 0 Å². The molecule has 0 unspecified atom stereocenters. The molecule has 4 N–H and O–H groups in total. The van der Waals surface area contributed by atoms with Crippen molar-refractivity contribution in [3.05, 3.63) is 90.0 Å². The molecule has 30 heavy (non-hydrogen) atoms. The van der Waals surface area contributed by atoms with Crippen molar-refractivity contribution in [2.45, 2.75) is 40.0 Å². The number of anilines is 2. The van der Waals surface area contributed by atoms with E-state index in [9.17, 15) is 0 Å². The monoisotopic (exact) mass is 402 g/mol. The van der Waals surface area contributed by atoms with Gasteiger partial charge in [-0.2, -0.15) is 0 Å². The minimum absolute atomic E-state index is 0.163. The summed E-state index contributed by atoms with van der Waals surface area (Å²) in [6.07, 6.45) is 2.94. The molecule has 0 fully saturated rings. The van der Waals surface area contributed by atoms with Gasteiger partial charge in [0.25, 0.3) is 0 Å². The number of nitrogens with one attached hydrogen (secondary N) is 1. The predicted molar refractivity (Wildman–Crippen MR) is 132 cm³/mol. The Morgan fingerprint density at radius 1 is 0.867 bits per heavy atom. The first-order valence-corrected chi connectivity index (χ1v) is 10.7. The second-order valence-corrected chi connectivity index (χ2v) is 7.33. The lowest BCUT2D eigenvalue weighted by atomic mass is 10.0. The second-order valence-electron chi connectivity index (χ2n) is 7.33. The fraction of sp³-hybridized carbons (Fsp3) is 0.259. The van der Waals surface area contributed by atoms with E-state index in [1.54, 1.807) is 0 Å². The maximum atomic E-state index is 9.05. The lowest BCUT2D eigenvalue weighted by Gasteiger charge is -2.14. The van der Waals surface area contributed by atoms with Crippen LogP contribution in [-0.2, 0) is 12.8 Å². The molecule has 0 saturated carbocycles. The molecule has 0 radical (unpaired) electrons. The standard InChI is InChI=1S/C24H26N2O.C3H8/c1-3-18-4-8-20(9-5-18)17(2)26-24-16-22(12-13-23(24)25)21-10-6-19(7-11-21)14-15-27;1-3-2/h4-13,16,26-27H,2-3,14-15,25H2,1H3;3H2,1-2H3. The van der Waals surface area contributed by atoms with Gasteiger partial charge in [0, 0.05) is 12.3 Å². The summed E-state index contributed by atoms with van der Waals surface area (Å²) in [4.78, 5) is 0. The van der Waals surface area contributed by atoms with Crippen LogP contribution in [0.1, 0.15) is 43.9 Å². The third-order valence-corrected chi connectivity index (χ3v) is 4.74. The molecule has 0 atom stereocenters. The van der Waals surface area contributed by atoms with E-state index in [1.807, 2.05) is 30.3 Å². The van der Waals surface area contributed by atoms with E-state index in [0.717, 1.165) is 40.1 Å². The summed E-state index contributed by atoms with van der Waals surface area (Å²) in [7, 11) is 0. The zero-order valence-corrected chi connectivity index (χ0v) is 18.4. The zero-order chi connectivity index (χ0) is 21.9. The summed E-state index contributed by atoms with van der Waals surface area (Å²) in [5.41, 5.74) is 14.2. The van der Waals surface area contributed by atoms with E-state index in [2.05, 4.69) is 69.1 Å². The van der Waals surface area contributed by atoms with Crippen LogP contribution in [0.5, 0.6) is 0 Å². The van der Waals surface area contributed by atoms with Crippen molar-refractivity contribution >= 4 is 17.1 Å². The Balaban J connectivity index is 0.00000101. The highest BCUT2D eigenvalue weighted by Crippen LogP contribution is 2.29. The molecular formula is C27H34N2O. The Hall–Kier alpha value is -3.04. The first-order chi connectivity index (χ1) is 14.5.